The van der Waals surface area contributed by atoms with E-state index in [1.165, 1.54) is 6.07 Å². The maximum Gasteiger partial charge on any atom is 0.387 e. The highest BCUT2D eigenvalue weighted by Gasteiger charge is 2.09. The van der Waals surface area contributed by atoms with Crippen LogP contribution in [0.5, 0.6) is 5.75 Å². The molecule has 1 unspecified atom stereocenters. The van der Waals surface area contributed by atoms with E-state index in [9.17, 15) is 13.0 Å². The summed E-state index contributed by atoms with van der Waals surface area (Å²) in [6.07, 6.45) is 0. The molecule has 0 saturated heterocycles. The maximum absolute atomic E-state index is 12.5. The lowest BCUT2D eigenvalue weighted by molar-refractivity contribution is -0.0504. The Hall–Kier alpha value is -1.75. The van der Waals surface area contributed by atoms with Crippen LogP contribution in [0.4, 0.5) is 8.78 Å². The van der Waals surface area contributed by atoms with Crippen LogP contribution in [0.3, 0.4) is 0 Å². The van der Waals surface area contributed by atoms with E-state index in [1.807, 2.05) is 37.3 Å². The van der Waals surface area contributed by atoms with Crippen LogP contribution in [-0.2, 0) is 23.1 Å². The molecule has 5 nitrogen and oxygen atoms in total. The molecular formula is C20H26F2IN3O2S. The molecule has 0 aliphatic carbocycles. The molecule has 0 bridgehead atoms. The number of hydrogen-bond donors (Lipinski definition) is 2. The van der Waals surface area contributed by atoms with E-state index in [-0.39, 0.29) is 36.3 Å². The van der Waals surface area contributed by atoms with Gasteiger partial charge in [0.1, 0.15) is 5.75 Å². The number of alkyl halides is 2. The lowest BCUT2D eigenvalue weighted by Gasteiger charge is -2.12. The SMILES string of the molecule is CCNC(=NCc1ccccc1OC(F)F)NCCS(=O)Cc1ccccc1.I. The van der Waals surface area contributed by atoms with Gasteiger partial charge in [0, 0.05) is 41.0 Å². The molecule has 0 saturated carbocycles. The van der Waals surface area contributed by atoms with Crippen molar-refractivity contribution in [1.82, 2.24) is 10.6 Å². The molecule has 2 N–H and O–H groups in total. The van der Waals surface area contributed by atoms with Crippen LogP contribution in [0.15, 0.2) is 59.6 Å². The molecule has 1 atom stereocenters. The van der Waals surface area contributed by atoms with Gasteiger partial charge in [0.2, 0.25) is 0 Å². The molecule has 0 spiro atoms. The molecule has 29 heavy (non-hydrogen) atoms. The minimum absolute atomic E-state index is 0. The van der Waals surface area contributed by atoms with Gasteiger partial charge < -0.3 is 15.4 Å². The van der Waals surface area contributed by atoms with Crippen LogP contribution in [0.1, 0.15) is 18.1 Å². The molecule has 0 aliphatic rings. The van der Waals surface area contributed by atoms with Crippen molar-refractivity contribution >= 4 is 40.7 Å². The normalized spacial score (nSPS) is 12.2. The van der Waals surface area contributed by atoms with Gasteiger partial charge in [-0.25, -0.2) is 4.99 Å². The predicted molar refractivity (Wildman–Crippen MR) is 124 cm³/mol. The average Bonchev–Trinajstić information content (AvgIpc) is 2.67. The van der Waals surface area contributed by atoms with Crippen molar-refractivity contribution in [1.29, 1.82) is 0 Å². The lowest BCUT2D eigenvalue weighted by Crippen LogP contribution is -2.39. The second-order valence-electron chi connectivity index (χ2n) is 5.88. The summed E-state index contributed by atoms with van der Waals surface area (Å²) in [5.74, 6) is 1.63. The number of hydrogen-bond acceptors (Lipinski definition) is 3. The molecule has 2 rings (SSSR count). The summed E-state index contributed by atoms with van der Waals surface area (Å²) >= 11 is 0. The summed E-state index contributed by atoms with van der Waals surface area (Å²) < 4.78 is 41.7. The molecule has 0 aromatic heterocycles. The molecule has 0 fully saturated rings. The first-order valence-electron chi connectivity index (χ1n) is 9.02. The average molecular weight is 537 g/mol. The smallest absolute Gasteiger partial charge is 0.387 e. The summed E-state index contributed by atoms with van der Waals surface area (Å²) in [5.41, 5.74) is 1.60. The van der Waals surface area contributed by atoms with Crippen molar-refractivity contribution in [2.45, 2.75) is 25.8 Å². The molecule has 0 aliphatic heterocycles. The largest absolute Gasteiger partial charge is 0.434 e. The third-order valence-corrected chi connectivity index (χ3v) is 5.05. The first kappa shape index (κ1) is 25.3. The highest BCUT2D eigenvalue weighted by atomic mass is 127. The van der Waals surface area contributed by atoms with E-state index in [1.54, 1.807) is 18.2 Å². The third-order valence-electron chi connectivity index (χ3n) is 3.73. The lowest BCUT2D eigenvalue weighted by atomic mass is 10.2. The van der Waals surface area contributed by atoms with Crippen molar-refractivity contribution in [2.24, 2.45) is 4.99 Å². The summed E-state index contributed by atoms with van der Waals surface area (Å²) in [4.78, 5) is 4.40. The predicted octanol–water partition coefficient (Wildman–Crippen LogP) is 3.91. The number of halogens is 3. The van der Waals surface area contributed by atoms with Gasteiger partial charge in [-0.2, -0.15) is 8.78 Å². The van der Waals surface area contributed by atoms with Gasteiger partial charge in [-0.3, -0.25) is 4.21 Å². The molecule has 0 amide bonds. The van der Waals surface area contributed by atoms with Gasteiger partial charge in [0.15, 0.2) is 5.96 Å². The number of aliphatic imine (C=N–C) groups is 1. The number of rotatable bonds is 10. The quantitative estimate of drug-likeness (QED) is 0.274. The van der Waals surface area contributed by atoms with Crippen molar-refractivity contribution in [3.8, 4) is 5.75 Å². The Bertz CT molecular complexity index is 779. The van der Waals surface area contributed by atoms with Crippen LogP contribution in [0, 0.1) is 0 Å². The number of benzene rings is 2. The fourth-order valence-electron chi connectivity index (χ4n) is 2.47. The van der Waals surface area contributed by atoms with Crippen LogP contribution in [-0.4, -0.2) is 35.6 Å². The van der Waals surface area contributed by atoms with Crippen molar-refractivity contribution in [2.75, 3.05) is 18.8 Å². The minimum atomic E-state index is -2.88. The number of guanidine groups is 1. The Morgan fingerprint density at radius 1 is 1.10 bits per heavy atom. The van der Waals surface area contributed by atoms with E-state index < -0.39 is 17.4 Å². The molecule has 0 heterocycles. The zero-order valence-electron chi connectivity index (χ0n) is 16.1. The fourth-order valence-corrected chi connectivity index (χ4v) is 3.51. The monoisotopic (exact) mass is 537 g/mol. The van der Waals surface area contributed by atoms with Crippen LogP contribution >= 0.6 is 24.0 Å². The first-order valence-corrected chi connectivity index (χ1v) is 10.5. The number of nitrogens with one attached hydrogen (secondary N) is 2. The Morgan fingerprint density at radius 2 is 1.79 bits per heavy atom. The molecule has 160 valence electrons. The molecule has 9 heteroatoms. The van der Waals surface area contributed by atoms with Crippen LogP contribution in [0.25, 0.3) is 0 Å². The van der Waals surface area contributed by atoms with Crippen molar-refractivity contribution in [3.05, 3.63) is 65.7 Å². The standard InChI is InChI=1S/C20H25F2N3O2S.HI/c1-2-23-20(24-12-13-28(26)15-16-8-4-3-5-9-16)25-14-17-10-6-7-11-18(17)27-19(21)22;/h3-11,19H,2,12-15H2,1H3,(H2,23,24,25);1H. The Balaban J connectivity index is 0.00000420. The van der Waals surface area contributed by atoms with Gasteiger partial charge in [0.25, 0.3) is 0 Å². The number of ether oxygens (including phenoxy) is 1. The third kappa shape index (κ3) is 10.0. The summed E-state index contributed by atoms with van der Waals surface area (Å²) in [5, 5.41) is 6.21. The second kappa shape index (κ2) is 14.3. The van der Waals surface area contributed by atoms with E-state index >= 15 is 0 Å². The van der Waals surface area contributed by atoms with E-state index in [2.05, 4.69) is 20.4 Å². The highest BCUT2D eigenvalue weighted by Crippen LogP contribution is 2.20. The van der Waals surface area contributed by atoms with Gasteiger partial charge in [-0.1, -0.05) is 48.5 Å². The highest BCUT2D eigenvalue weighted by molar-refractivity contribution is 14.0. The molecule has 0 radical (unpaired) electrons. The fraction of sp³-hybridized carbons (Fsp3) is 0.350. The topological polar surface area (TPSA) is 62.7 Å². The van der Waals surface area contributed by atoms with Gasteiger partial charge in [-0.05, 0) is 18.6 Å². The first-order chi connectivity index (χ1) is 13.6. The van der Waals surface area contributed by atoms with Gasteiger partial charge in [0.05, 0.1) is 6.54 Å². The summed E-state index contributed by atoms with van der Waals surface area (Å²) in [6.45, 7) is 0.370. The zero-order valence-corrected chi connectivity index (χ0v) is 19.3. The van der Waals surface area contributed by atoms with Gasteiger partial charge >= 0.3 is 6.61 Å². The Labute approximate surface area is 189 Å². The summed E-state index contributed by atoms with van der Waals surface area (Å²) in [7, 11) is -0.990. The Kier molecular flexibility index (Phi) is 12.4. The molecule has 2 aromatic rings. The molecular weight excluding hydrogens is 511 g/mol. The second-order valence-corrected chi connectivity index (χ2v) is 7.46. The van der Waals surface area contributed by atoms with Gasteiger partial charge in [-0.15, -0.1) is 24.0 Å². The molecule has 2 aromatic carbocycles. The van der Waals surface area contributed by atoms with E-state index in [4.69, 9.17) is 0 Å². The summed E-state index contributed by atoms with van der Waals surface area (Å²) in [6, 6.07) is 16.3. The Morgan fingerprint density at radius 3 is 2.48 bits per heavy atom. The van der Waals surface area contributed by atoms with Crippen LogP contribution < -0.4 is 15.4 Å². The number of para-hydroxylation sites is 1. The van der Waals surface area contributed by atoms with Crippen LogP contribution in [0.2, 0.25) is 0 Å². The number of nitrogens with zero attached hydrogens (tertiary/aromatic N) is 1. The zero-order chi connectivity index (χ0) is 20.2. The van der Waals surface area contributed by atoms with Crippen molar-refractivity contribution in [3.63, 3.8) is 0 Å². The van der Waals surface area contributed by atoms with E-state index in [0.717, 1.165) is 5.56 Å². The minimum Gasteiger partial charge on any atom is -0.434 e. The van der Waals surface area contributed by atoms with E-state index in [0.29, 0.717) is 36.1 Å². The maximum atomic E-state index is 12.5. The van der Waals surface area contributed by atoms with Crippen molar-refractivity contribution < 1.29 is 17.7 Å².